The molecule has 5 rings (SSSR count). The predicted molar refractivity (Wildman–Crippen MR) is 145 cm³/mol. The summed E-state index contributed by atoms with van der Waals surface area (Å²) >= 11 is 1.54. The average molecular weight is 508 g/mol. The van der Waals surface area contributed by atoms with E-state index < -0.39 is 0 Å². The zero-order valence-electron chi connectivity index (χ0n) is 20.9. The number of likely N-dealkylation sites (N-methyl/N-ethyl adjacent to an activating group) is 1. The second-order valence-corrected chi connectivity index (χ2v) is 10.1. The monoisotopic (exact) mass is 507 g/mol. The summed E-state index contributed by atoms with van der Waals surface area (Å²) in [7, 11) is 3.69. The summed E-state index contributed by atoms with van der Waals surface area (Å²) in [4.78, 5) is 14.1. The molecule has 9 heteroatoms. The Labute approximate surface area is 214 Å². The van der Waals surface area contributed by atoms with Crippen molar-refractivity contribution in [3.05, 3.63) is 53.8 Å². The van der Waals surface area contributed by atoms with E-state index in [1.807, 2.05) is 25.3 Å². The van der Waals surface area contributed by atoms with Crippen LogP contribution in [0, 0.1) is 5.82 Å². The number of rotatable bonds is 7. The maximum absolute atomic E-state index is 13.8. The van der Waals surface area contributed by atoms with Crippen molar-refractivity contribution in [1.82, 2.24) is 14.9 Å². The van der Waals surface area contributed by atoms with Gasteiger partial charge < -0.3 is 24.6 Å². The Kier molecular flexibility index (Phi) is 6.93. The Hall–Kier alpha value is -3.43. The van der Waals surface area contributed by atoms with Crippen molar-refractivity contribution in [2.24, 2.45) is 0 Å². The van der Waals surface area contributed by atoms with Gasteiger partial charge in [0.2, 0.25) is 5.95 Å². The van der Waals surface area contributed by atoms with Crippen LogP contribution in [0.15, 0.2) is 48.0 Å². The number of thiophene rings is 1. The van der Waals surface area contributed by atoms with Gasteiger partial charge in [-0.3, -0.25) is 0 Å². The number of aromatic nitrogens is 2. The Bertz CT molecular complexity index is 1370. The number of anilines is 3. The molecule has 1 N–H and O–H groups in total. The van der Waals surface area contributed by atoms with Gasteiger partial charge in [0.05, 0.1) is 35.3 Å². The molecule has 4 aromatic rings. The third-order valence-corrected chi connectivity index (χ3v) is 7.12. The van der Waals surface area contributed by atoms with Crippen molar-refractivity contribution in [3.8, 4) is 22.6 Å². The maximum Gasteiger partial charge on any atom is 0.227 e. The van der Waals surface area contributed by atoms with Crippen LogP contribution in [-0.4, -0.2) is 61.3 Å². The molecule has 0 amide bonds. The quantitative estimate of drug-likeness (QED) is 0.340. The zero-order valence-corrected chi connectivity index (χ0v) is 21.7. The van der Waals surface area contributed by atoms with E-state index >= 15 is 0 Å². The summed E-state index contributed by atoms with van der Waals surface area (Å²) in [5.74, 6) is 1.35. The third-order valence-electron chi connectivity index (χ3n) is 6.21. The number of hydrogen-bond donors (Lipinski definition) is 1. The van der Waals surface area contributed by atoms with Crippen molar-refractivity contribution in [3.63, 3.8) is 0 Å². The first-order valence-electron chi connectivity index (χ1n) is 12.0. The van der Waals surface area contributed by atoms with Gasteiger partial charge in [0.25, 0.3) is 0 Å². The number of nitrogens with zero attached hydrogens (tertiary/aromatic N) is 4. The van der Waals surface area contributed by atoms with Crippen LogP contribution in [0.2, 0.25) is 0 Å². The zero-order chi connectivity index (χ0) is 25.2. The molecule has 0 atom stereocenters. The van der Waals surface area contributed by atoms with Crippen LogP contribution in [0.1, 0.15) is 13.8 Å². The fourth-order valence-electron chi connectivity index (χ4n) is 4.31. The van der Waals surface area contributed by atoms with Gasteiger partial charge in [-0.15, -0.1) is 11.3 Å². The number of hydrogen-bond acceptors (Lipinski definition) is 8. The molecule has 3 heterocycles. The van der Waals surface area contributed by atoms with Crippen LogP contribution in [0.4, 0.5) is 21.7 Å². The summed E-state index contributed by atoms with van der Waals surface area (Å²) in [5.41, 5.74) is 4.39. The summed E-state index contributed by atoms with van der Waals surface area (Å²) in [6, 6.07) is 10.8. The normalized spacial score (nSPS) is 14.4. The first-order valence-corrected chi connectivity index (χ1v) is 12.9. The minimum absolute atomic E-state index is 0.0195. The lowest BCUT2D eigenvalue weighted by molar-refractivity contribution is 0.243. The number of nitrogens with one attached hydrogen (secondary N) is 1. The van der Waals surface area contributed by atoms with Gasteiger partial charge in [-0.2, -0.15) is 0 Å². The van der Waals surface area contributed by atoms with Crippen LogP contribution >= 0.6 is 11.3 Å². The number of benzene rings is 2. The van der Waals surface area contributed by atoms with Crippen molar-refractivity contribution in [1.29, 1.82) is 0 Å². The van der Waals surface area contributed by atoms with Crippen molar-refractivity contribution < 1.29 is 13.9 Å². The Morgan fingerprint density at radius 1 is 1.03 bits per heavy atom. The second-order valence-electron chi connectivity index (χ2n) is 9.16. The predicted octanol–water partition coefficient (Wildman–Crippen LogP) is 5.79. The second kappa shape index (κ2) is 10.3. The lowest BCUT2D eigenvalue weighted by Crippen LogP contribution is -2.44. The van der Waals surface area contributed by atoms with Gasteiger partial charge in [-0.1, -0.05) is 0 Å². The summed E-state index contributed by atoms with van der Waals surface area (Å²) in [5, 5.41) is 5.35. The molecule has 1 saturated heterocycles. The Morgan fingerprint density at radius 2 is 1.83 bits per heavy atom. The molecule has 0 unspecified atom stereocenters. The van der Waals surface area contributed by atoms with E-state index in [2.05, 4.69) is 39.3 Å². The highest BCUT2D eigenvalue weighted by atomic mass is 32.1. The molecule has 0 saturated carbocycles. The molecule has 7 nitrogen and oxygen atoms in total. The minimum Gasteiger partial charge on any atom is -0.496 e. The molecule has 0 bridgehead atoms. The molecule has 2 aromatic carbocycles. The van der Waals surface area contributed by atoms with Gasteiger partial charge in [-0.25, -0.2) is 14.4 Å². The van der Waals surface area contributed by atoms with Gasteiger partial charge in [0, 0.05) is 60.5 Å². The van der Waals surface area contributed by atoms with E-state index in [4.69, 9.17) is 14.5 Å². The third kappa shape index (κ3) is 5.08. The largest absolute Gasteiger partial charge is 0.496 e. The molecule has 1 aliphatic heterocycles. The maximum atomic E-state index is 13.8. The highest BCUT2D eigenvalue weighted by molar-refractivity contribution is 7.17. The Morgan fingerprint density at radius 3 is 2.58 bits per heavy atom. The van der Waals surface area contributed by atoms with Crippen LogP contribution in [0.25, 0.3) is 21.3 Å². The lowest BCUT2D eigenvalue weighted by atomic mass is 10.1. The number of halogens is 1. The standard InChI is InChI=1S/C27H30FN5O2S/c1-17(2)35-24-14-19(33-11-9-32(3)10-12-33)6-8-22(24)30-27-29-15-25-26(31-27)21(16-36-25)20-7-5-18(28)13-23(20)34-4/h5-8,13-17H,9-12H2,1-4H3,(H,29,30,31). The van der Waals surface area contributed by atoms with Crippen molar-refractivity contribution >= 4 is 38.9 Å². The van der Waals surface area contributed by atoms with Gasteiger partial charge in [-0.05, 0) is 45.2 Å². The van der Waals surface area contributed by atoms with E-state index in [1.165, 1.54) is 19.2 Å². The lowest BCUT2D eigenvalue weighted by Gasteiger charge is -2.34. The number of ether oxygens (including phenoxy) is 2. The fraction of sp³-hybridized carbons (Fsp3) is 0.333. The summed E-state index contributed by atoms with van der Waals surface area (Å²) < 4.78 is 26.3. The summed E-state index contributed by atoms with van der Waals surface area (Å²) in [6.07, 6.45) is 1.82. The summed E-state index contributed by atoms with van der Waals surface area (Å²) in [6.45, 7) is 8.08. The molecule has 1 fully saturated rings. The highest BCUT2D eigenvalue weighted by Gasteiger charge is 2.18. The SMILES string of the molecule is COc1cc(F)ccc1-c1csc2cnc(Nc3ccc(N4CCN(C)CC4)cc3OC(C)C)nc12. The topological polar surface area (TPSA) is 62.8 Å². The average Bonchev–Trinajstić information content (AvgIpc) is 3.28. The molecule has 0 aliphatic carbocycles. The van der Waals surface area contributed by atoms with Gasteiger partial charge >= 0.3 is 0 Å². The van der Waals surface area contributed by atoms with Crippen LogP contribution in [-0.2, 0) is 0 Å². The highest BCUT2D eigenvalue weighted by Crippen LogP contribution is 2.39. The van der Waals surface area contributed by atoms with Crippen LogP contribution in [0.5, 0.6) is 11.5 Å². The van der Waals surface area contributed by atoms with E-state index in [1.54, 1.807) is 23.6 Å². The molecule has 1 aliphatic rings. The molecule has 36 heavy (non-hydrogen) atoms. The molecule has 2 aromatic heterocycles. The number of methoxy groups -OCH3 is 1. The number of fused-ring (bicyclic) bond motifs is 1. The van der Waals surface area contributed by atoms with Gasteiger partial charge in [0.1, 0.15) is 17.3 Å². The Balaban J connectivity index is 1.47. The van der Waals surface area contributed by atoms with E-state index in [0.717, 1.165) is 64.6 Å². The molecule has 0 spiro atoms. The molecular formula is C27H30FN5O2S. The van der Waals surface area contributed by atoms with E-state index in [-0.39, 0.29) is 11.9 Å². The van der Waals surface area contributed by atoms with Crippen LogP contribution in [0.3, 0.4) is 0 Å². The minimum atomic E-state index is -0.343. The first-order chi connectivity index (χ1) is 17.4. The number of piperazine rings is 1. The molecule has 188 valence electrons. The van der Waals surface area contributed by atoms with Crippen molar-refractivity contribution in [2.75, 3.05) is 50.6 Å². The van der Waals surface area contributed by atoms with E-state index in [0.29, 0.717) is 11.7 Å². The van der Waals surface area contributed by atoms with Crippen molar-refractivity contribution in [2.45, 2.75) is 20.0 Å². The fourth-order valence-corrected chi connectivity index (χ4v) is 5.18. The van der Waals surface area contributed by atoms with Gasteiger partial charge in [0.15, 0.2) is 0 Å². The van der Waals surface area contributed by atoms with Crippen LogP contribution < -0.4 is 19.7 Å². The molecular weight excluding hydrogens is 477 g/mol. The smallest absolute Gasteiger partial charge is 0.227 e. The molecule has 0 radical (unpaired) electrons. The first kappa shape index (κ1) is 24.3. The van der Waals surface area contributed by atoms with E-state index in [9.17, 15) is 4.39 Å².